The van der Waals surface area contributed by atoms with Gasteiger partial charge in [-0.1, -0.05) is 0 Å². The molecule has 2 heterocycles. The van der Waals surface area contributed by atoms with Gasteiger partial charge in [0.15, 0.2) is 5.78 Å². The van der Waals surface area contributed by atoms with Gasteiger partial charge in [-0.05, 0) is 19.1 Å². The van der Waals surface area contributed by atoms with Crippen LogP contribution in [0.4, 0.5) is 0 Å². The van der Waals surface area contributed by atoms with E-state index in [9.17, 15) is 9.59 Å². The van der Waals surface area contributed by atoms with E-state index in [0.717, 1.165) is 16.3 Å². The number of Topliss-reactive ketones (excluding diaryl/α,β-unsaturated/α-hetero) is 1. The summed E-state index contributed by atoms with van der Waals surface area (Å²) in [5.41, 5.74) is 0. The fraction of sp³-hybridized carbons (Fsp3) is 0.571. The molecule has 0 bridgehead atoms. The van der Waals surface area contributed by atoms with E-state index < -0.39 is 0 Å². The van der Waals surface area contributed by atoms with Gasteiger partial charge in [0.05, 0.1) is 17.0 Å². The molecule has 1 aromatic heterocycles. The van der Waals surface area contributed by atoms with Crippen molar-refractivity contribution in [2.24, 2.45) is 0 Å². The van der Waals surface area contributed by atoms with Crippen molar-refractivity contribution in [3.63, 3.8) is 0 Å². The Morgan fingerprint density at radius 3 is 2.85 bits per heavy atom. The molecular weight excluding hydrogens is 276 g/mol. The van der Waals surface area contributed by atoms with E-state index in [1.807, 2.05) is 19.1 Å². The van der Waals surface area contributed by atoms with Gasteiger partial charge in [-0.2, -0.15) is 0 Å². The Morgan fingerprint density at radius 2 is 2.20 bits per heavy atom. The summed E-state index contributed by atoms with van der Waals surface area (Å²) in [6.07, 6.45) is 0.487. The highest BCUT2D eigenvalue weighted by atomic mass is 32.1. The zero-order chi connectivity index (χ0) is 14.5. The van der Waals surface area contributed by atoms with Gasteiger partial charge in [-0.3, -0.25) is 9.59 Å². The summed E-state index contributed by atoms with van der Waals surface area (Å²) in [6, 6.07) is 3.74. The molecule has 2 unspecified atom stereocenters. The van der Waals surface area contributed by atoms with Gasteiger partial charge in [0.1, 0.15) is 0 Å². The zero-order valence-electron chi connectivity index (χ0n) is 11.8. The van der Waals surface area contributed by atoms with Crippen LogP contribution in [0.5, 0.6) is 0 Å². The van der Waals surface area contributed by atoms with Crippen LogP contribution in [0.1, 0.15) is 27.4 Å². The predicted molar refractivity (Wildman–Crippen MR) is 78.2 cm³/mol. The second-order valence-corrected chi connectivity index (χ2v) is 6.23. The number of ketones is 1. The maximum Gasteiger partial charge on any atom is 0.220 e. The van der Waals surface area contributed by atoms with Crippen LogP contribution in [-0.2, 0) is 9.53 Å². The number of nitrogens with one attached hydrogen (secondary N) is 2. The summed E-state index contributed by atoms with van der Waals surface area (Å²) < 4.78 is 5.28. The quantitative estimate of drug-likeness (QED) is 0.772. The minimum Gasteiger partial charge on any atom is -0.378 e. The standard InChI is InChI=1S/C14H20N2O3S/c1-9-3-5-13(20-9)11(17)4-6-14(18)16-10-7-15-8-12(10)19-2/h3,5,10,12,15H,4,6-8H2,1-2H3,(H,16,18). The SMILES string of the molecule is COC1CNCC1NC(=O)CCC(=O)c1ccc(C)s1. The maximum atomic E-state index is 11.9. The predicted octanol–water partition coefficient (Wildman–Crippen LogP) is 1.12. The number of carbonyl (C=O) groups is 2. The average Bonchev–Trinajstić information content (AvgIpc) is 3.04. The van der Waals surface area contributed by atoms with Crippen LogP contribution in [-0.4, -0.2) is 44.0 Å². The van der Waals surface area contributed by atoms with Crippen LogP contribution in [0.3, 0.4) is 0 Å². The number of ether oxygens (including phenoxy) is 1. The molecule has 1 fully saturated rings. The van der Waals surface area contributed by atoms with Gasteiger partial charge in [-0.15, -0.1) is 11.3 Å². The molecule has 1 aliphatic rings. The number of hydrogen-bond acceptors (Lipinski definition) is 5. The number of aryl methyl sites for hydroxylation is 1. The molecule has 20 heavy (non-hydrogen) atoms. The molecule has 0 radical (unpaired) electrons. The lowest BCUT2D eigenvalue weighted by molar-refractivity contribution is -0.122. The molecule has 0 aromatic carbocycles. The van der Waals surface area contributed by atoms with Gasteiger partial charge >= 0.3 is 0 Å². The van der Waals surface area contributed by atoms with Crippen molar-refractivity contribution in [1.82, 2.24) is 10.6 Å². The number of rotatable bonds is 6. The monoisotopic (exact) mass is 296 g/mol. The molecule has 1 saturated heterocycles. The van der Waals surface area contributed by atoms with Crippen LogP contribution < -0.4 is 10.6 Å². The molecular formula is C14H20N2O3S. The van der Waals surface area contributed by atoms with Crippen molar-refractivity contribution >= 4 is 23.0 Å². The first kappa shape index (κ1) is 15.2. The van der Waals surface area contributed by atoms with Crippen LogP contribution in [0.15, 0.2) is 12.1 Å². The number of amides is 1. The highest BCUT2D eigenvalue weighted by Crippen LogP contribution is 2.17. The lowest BCUT2D eigenvalue weighted by atomic mass is 10.1. The summed E-state index contributed by atoms with van der Waals surface area (Å²) in [5, 5.41) is 6.08. The van der Waals surface area contributed by atoms with Crippen LogP contribution in [0.2, 0.25) is 0 Å². The molecule has 0 saturated carbocycles. The Hall–Kier alpha value is -1.24. The molecule has 0 spiro atoms. The van der Waals surface area contributed by atoms with Crippen molar-refractivity contribution in [2.45, 2.75) is 31.9 Å². The molecule has 2 rings (SSSR count). The zero-order valence-corrected chi connectivity index (χ0v) is 12.6. The first-order valence-electron chi connectivity index (χ1n) is 6.72. The summed E-state index contributed by atoms with van der Waals surface area (Å²) in [4.78, 5) is 25.6. The Bertz CT molecular complexity index is 487. The van der Waals surface area contributed by atoms with Gasteiger partial charge in [-0.25, -0.2) is 0 Å². The molecule has 5 nitrogen and oxygen atoms in total. The number of carbonyl (C=O) groups excluding carboxylic acids is 2. The Balaban J connectivity index is 1.76. The summed E-state index contributed by atoms with van der Waals surface area (Å²) >= 11 is 1.47. The van der Waals surface area contributed by atoms with Gasteiger partial charge in [0.2, 0.25) is 5.91 Å². The van der Waals surface area contributed by atoms with Crippen molar-refractivity contribution in [3.8, 4) is 0 Å². The molecule has 1 amide bonds. The summed E-state index contributed by atoms with van der Waals surface area (Å²) in [5.74, 6) is -0.0616. The second-order valence-electron chi connectivity index (χ2n) is 4.94. The van der Waals surface area contributed by atoms with E-state index in [4.69, 9.17) is 4.74 Å². The largest absolute Gasteiger partial charge is 0.378 e. The Morgan fingerprint density at radius 1 is 1.40 bits per heavy atom. The summed E-state index contributed by atoms with van der Waals surface area (Å²) in [6.45, 7) is 3.42. The molecule has 0 aliphatic carbocycles. The van der Waals surface area contributed by atoms with E-state index in [0.29, 0.717) is 6.54 Å². The van der Waals surface area contributed by atoms with Crippen molar-refractivity contribution < 1.29 is 14.3 Å². The van der Waals surface area contributed by atoms with E-state index in [-0.39, 0.29) is 36.7 Å². The van der Waals surface area contributed by atoms with E-state index in [1.54, 1.807) is 7.11 Å². The average molecular weight is 296 g/mol. The normalized spacial score (nSPS) is 21.9. The molecule has 2 N–H and O–H groups in total. The lowest BCUT2D eigenvalue weighted by Crippen LogP contribution is -2.43. The molecule has 1 aromatic rings. The third-order valence-electron chi connectivity index (χ3n) is 3.40. The summed E-state index contributed by atoms with van der Waals surface area (Å²) in [7, 11) is 1.64. The molecule has 110 valence electrons. The smallest absolute Gasteiger partial charge is 0.220 e. The van der Waals surface area contributed by atoms with Crippen LogP contribution in [0.25, 0.3) is 0 Å². The van der Waals surface area contributed by atoms with Crippen LogP contribution in [0, 0.1) is 6.92 Å². The second kappa shape index (κ2) is 6.97. The maximum absolute atomic E-state index is 11.9. The fourth-order valence-corrected chi connectivity index (χ4v) is 3.09. The number of methoxy groups -OCH3 is 1. The lowest BCUT2D eigenvalue weighted by Gasteiger charge is -2.18. The minimum atomic E-state index is -0.0950. The van der Waals surface area contributed by atoms with Crippen molar-refractivity contribution in [2.75, 3.05) is 20.2 Å². The van der Waals surface area contributed by atoms with E-state index in [1.165, 1.54) is 11.3 Å². The highest BCUT2D eigenvalue weighted by molar-refractivity contribution is 7.14. The van der Waals surface area contributed by atoms with Gasteiger partial charge in [0, 0.05) is 37.9 Å². The van der Waals surface area contributed by atoms with Gasteiger partial charge in [0.25, 0.3) is 0 Å². The minimum absolute atomic E-state index is 0.00779. The highest BCUT2D eigenvalue weighted by Gasteiger charge is 2.28. The van der Waals surface area contributed by atoms with Gasteiger partial charge < -0.3 is 15.4 Å². The molecule has 2 atom stereocenters. The third kappa shape index (κ3) is 3.88. The Kier molecular flexibility index (Phi) is 5.28. The van der Waals surface area contributed by atoms with Crippen LogP contribution >= 0.6 is 11.3 Å². The fourth-order valence-electron chi connectivity index (χ4n) is 2.26. The topological polar surface area (TPSA) is 67.4 Å². The van der Waals surface area contributed by atoms with Crippen molar-refractivity contribution in [3.05, 3.63) is 21.9 Å². The third-order valence-corrected chi connectivity index (χ3v) is 4.44. The number of hydrogen-bond donors (Lipinski definition) is 2. The Labute approximate surface area is 122 Å². The van der Waals surface area contributed by atoms with E-state index >= 15 is 0 Å². The van der Waals surface area contributed by atoms with E-state index in [2.05, 4.69) is 10.6 Å². The first-order chi connectivity index (χ1) is 9.60. The van der Waals surface area contributed by atoms with Crippen molar-refractivity contribution in [1.29, 1.82) is 0 Å². The molecule has 1 aliphatic heterocycles. The molecule has 6 heteroatoms. The first-order valence-corrected chi connectivity index (χ1v) is 7.54. The number of thiophene rings is 1.